The number of aryl methyl sites for hydroxylation is 1. The number of fused-ring (bicyclic) bond motifs is 2. The van der Waals surface area contributed by atoms with E-state index in [1.54, 1.807) is 0 Å². The number of piperidine rings is 1. The minimum atomic E-state index is -0.637. The Labute approximate surface area is 120 Å². The van der Waals surface area contributed by atoms with Crippen LogP contribution in [0.25, 0.3) is 0 Å². The van der Waals surface area contributed by atoms with Gasteiger partial charge in [0.05, 0.1) is 0 Å². The van der Waals surface area contributed by atoms with E-state index in [4.69, 9.17) is 5.11 Å². The Kier molecular flexibility index (Phi) is 3.79. The largest absolute Gasteiger partial charge is 0.481 e. The van der Waals surface area contributed by atoms with Crippen LogP contribution < -0.4 is 0 Å². The highest BCUT2D eigenvalue weighted by molar-refractivity contribution is 5.67. The Morgan fingerprint density at radius 3 is 2.50 bits per heavy atom. The molecule has 2 aliphatic rings. The SMILES string of the molecule is Cc1ccccc1CN1C2CCC1CC(CC(=O)O)C2. The van der Waals surface area contributed by atoms with E-state index >= 15 is 0 Å². The normalized spacial score (nSPS) is 29.6. The molecule has 2 saturated heterocycles. The van der Waals surface area contributed by atoms with Gasteiger partial charge < -0.3 is 5.11 Å². The summed E-state index contributed by atoms with van der Waals surface area (Å²) in [4.78, 5) is 13.5. The molecule has 2 atom stereocenters. The summed E-state index contributed by atoms with van der Waals surface area (Å²) in [6.07, 6.45) is 4.97. The smallest absolute Gasteiger partial charge is 0.303 e. The number of hydrogen-bond donors (Lipinski definition) is 1. The third kappa shape index (κ3) is 2.73. The van der Waals surface area contributed by atoms with E-state index in [0.29, 0.717) is 24.4 Å². The Morgan fingerprint density at radius 2 is 1.90 bits per heavy atom. The van der Waals surface area contributed by atoms with Crippen molar-refractivity contribution in [3.8, 4) is 0 Å². The van der Waals surface area contributed by atoms with Crippen molar-refractivity contribution in [2.75, 3.05) is 0 Å². The van der Waals surface area contributed by atoms with E-state index in [9.17, 15) is 4.79 Å². The molecule has 0 aliphatic carbocycles. The minimum absolute atomic E-state index is 0.352. The molecule has 3 rings (SSSR count). The number of carboxylic acid groups (broad SMARTS) is 1. The fourth-order valence-electron chi connectivity index (χ4n) is 4.04. The Bertz CT molecular complexity index is 486. The molecule has 0 radical (unpaired) electrons. The Balaban J connectivity index is 1.68. The third-order valence-corrected chi connectivity index (χ3v) is 5.06. The van der Waals surface area contributed by atoms with E-state index in [1.807, 2.05) is 0 Å². The molecule has 2 aliphatic heterocycles. The quantitative estimate of drug-likeness (QED) is 0.915. The highest BCUT2D eigenvalue weighted by atomic mass is 16.4. The van der Waals surface area contributed by atoms with Crippen LogP contribution in [-0.4, -0.2) is 28.1 Å². The standard InChI is InChI=1S/C17H23NO2/c1-12-4-2-3-5-14(12)11-18-15-6-7-16(18)9-13(8-15)10-17(19)20/h2-5,13,15-16H,6-11H2,1H3,(H,19,20). The van der Waals surface area contributed by atoms with Crippen LogP contribution in [0.1, 0.15) is 43.2 Å². The molecule has 0 amide bonds. The molecule has 20 heavy (non-hydrogen) atoms. The lowest BCUT2D eigenvalue weighted by molar-refractivity contribution is -0.138. The number of hydrogen-bond acceptors (Lipinski definition) is 2. The molecule has 1 N–H and O–H groups in total. The van der Waals surface area contributed by atoms with Crippen LogP contribution in [0, 0.1) is 12.8 Å². The number of benzene rings is 1. The number of nitrogens with zero attached hydrogens (tertiary/aromatic N) is 1. The highest BCUT2D eigenvalue weighted by Gasteiger charge is 2.40. The zero-order valence-corrected chi connectivity index (χ0v) is 12.1. The van der Waals surface area contributed by atoms with Gasteiger partial charge in [0.15, 0.2) is 0 Å². The number of carboxylic acids is 1. The summed E-state index contributed by atoms with van der Waals surface area (Å²) in [5.41, 5.74) is 2.78. The zero-order chi connectivity index (χ0) is 14.1. The van der Waals surface area contributed by atoms with Crippen LogP contribution in [0.15, 0.2) is 24.3 Å². The first-order chi connectivity index (χ1) is 9.63. The van der Waals surface area contributed by atoms with Gasteiger partial charge >= 0.3 is 5.97 Å². The molecule has 3 heteroatoms. The lowest BCUT2D eigenvalue weighted by Gasteiger charge is -2.38. The molecule has 2 heterocycles. The van der Waals surface area contributed by atoms with Gasteiger partial charge in [0.2, 0.25) is 0 Å². The van der Waals surface area contributed by atoms with Gasteiger partial charge in [-0.1, -0.05) is 24.3 Å². The predicted octanol–water partition coefficient (Wildman–Crippen LogP) is 3.21. The summed E-state index contributed by atoms with van der Waals surface area (Å²) in [7, 11) is 0. The summed E-state index contributed by atoms with van der Waals surface area (Å²) in [5.74, 6) is -0.250. The van der Waals surface area contributed by atoms with Crippen LogP contribution in [0.2, 0.25) is 0 Å². The molecular weight excluding hydrogens is 250 g/mol. The van der Waals surface area contributed by atoms with Gasteiger partial charge in [0.1, 0.15) is 0 Å². The Hall–Kier alpha value is -1.35. The molecular formula is C17H23NO2. The van der Waals surface area contributed by atoms with Crippen LogP contribution >= 0.6 is 0 Å². The van der Waals surface area contributed by atoms with Gasteiger partial charge in [0.25, 0.3) is 0 Å². The van der Waals surface area contributed by atoms with Gasteiger partial charge in [0, 0.05) is 25.0 Å². The molecule has 2 bridgehead atoms. The van der Waals surface area contributed by atoms with Crippen molar-refractivity contribution in [2.24, 2.45) is 5.92 Å². The van der Waals surface area contributed by atoms with E-state index in [2.05, 4.69) is 36.1 Å². The number of carbonyl (C=O) groups is 1. The molecule has 3 nitrogen and oxygen atoms in total. The van der Waals surface area contributed by atoms with E-state index < -0.39 is 5.97 Å². The topological polar surface area (TPSA) is 40.5 Å². The molecule has 2 fully saturated rings. The molecule has 2 unspecified atom stereocenters. The third-order valence-electron chi connectivity index (χ3n) is 5.06. The summed E-state index contributed by atoms with van der Waals surface area (Å²) in [6, 6.07) is 9.79. The first kappa shape index (κ1) is 13.6. The van der Waals surface area contributed by atoms with Crippen molar-refractivity contribution >= 4 is 5.97 Å². The molecule has 1 aromatic carbocycles. The minimum Gasteiger partial charge on any atom is -0.481 e. The average molecular weight is 273 g/mol. The van der Waals surface area contributed by atoms with Crippen molar-refractivity contribution < 1.29 is 9.90 Å². The van der Waals surface area contributed by atoms with Crippen LogP contribution in [0.3, 0.4) is 0 Å². The molecule has 0 spiro atoms. The fourth-order valence-corrected chi connectivity index (χ4v) is 4.04. The summed E-state index contributed by atoms with van der Waals surface area (Å²) >= 11 is 0. The zero-order valence-electron chi connectivity index (χ0n) is 12.1. The summed E-state index contributed by atoms with van der Waals surface area (Å²) in [6.45, 7) is 3.20. The lowest BCUT2D eigenvalue weighted by atomic mass is 9.88. The van der Waals surface area contributed by atoms with E-state index in [0.717, 1.165) is 19.4 Å². The predicted molar refractivity (Wildman–Crippen MR) is 78.5 cm³/mol. The molecule has 0 saturated carbocycles. The maximum Gasteiger partial charge on any atom is 0.303 e. The summed E-state index contributed by atoms with van der Waals surface area (Å²) < 4.78 is 0. The monoisotopic (exact) mass is 273 g/mol. The number of aliphatic carboxylic acids is 1. The van der Waals surface area contributed by atoms with Crippen molar-refractivity contribution in [1.29, 1.82) is 0 Å². The van der Waals surface area contributed by atoms with Crippen molar-refractivity contribution in [2.45, 2.75) is 57.7 Å². The molecule has 1 aromatic rings. The number of rotatable bonds is 4. The van der Waals surface area contributed by atoms with Gasteiger partial charge in [-0.25, -0.2) is 0 Å². The second kappa shape index (κ2) is 5.57. The fraction of sp³-hybridized carbons (Fsp3) is 0.588. The van der Waals surface area contributed by atoms with Gasteiger partial charge in [-0.3, -0.25) is 9.69 Å². The maximum absolute atomic E-state index is 10.9. The molecule has 108 valence electrons. The van der Waals surface area contributed by atoms with Crippen molar-refractivity contribution in [3.05, 3.63) is 35.4 Å². The van der Waals surface area contributed by atoms with Gasteiger partial charge in [-0.15, -0.1) is 0 Å². The Morgan fingerprint density at radius 1 is 1.25 bits per heavy atom. The first-order valence-electron chi connectivity index (χ1n) is 7.65. The summed E-state index contributed by atoms with van der Waals surface area (Å²) in [5, 5.41) is 8.98. The average Bonchev–Trinajstić information content (AvgIpc) is 2.63. The van der Waals surface area contributed by atoms with Crippen molar-refractivity contribution in [1.82, 2.24) is 4.90 Å². The highest BCUT2D eigenvalue weighted by Crippen LogP contribution is 2.40. The van der Waals surface area contributed by atoms with Gasteiger partial charge in [-0.05, 0) is 49.7 Å². The lowest BCUT2D eigenvalue weighted by Crippen LogP contribution is -2.42. The molecule has 0 aromatic heterocycles. The van der Waals surface area contributed by atoms with Crippen LogP contribution in [0.5, 0.6) is 0 Å². The van der Waals surface area contributed by atoms with Crippen molar-refractivity contribution in [3.63, 3.8) is 0 Å². The van der Waals surface area contributed by atoms with E-state index in [-0.39, 0.29) is 0 Å². The van der Waals surface area contributed by atoms with E-state index in [1.165, 1.54) is 24.0 Å². The second-order valence-electron chi connectivity index (χ2n) is 6.42. The first-order valence-corrected chi connectivity index (χ1v) is 7.65. The van der Waals surface area contributed by atoms with Crippen LogP contribution in [0.4, 0.5) is 0 Å². The van der Waals surface area contributed by atoms with Crippen LogP contribution in [-0.2, 0) is 11.3 Å². The maximum atomic E-state index is 10.9. The second-order valence-corrected chi connectivity index (χ2v) is 6.42. The van der Waals surface area contributed by atoms with Gasteiger partial charge in [-0.2, -0.15) is 0 Å².